The second kappa shape index (κ2) is 6.57. The Morgan fingerprint density at radius 2 is 1.84 bits per heavy atom. The van der Waals surface area contributed by atoms with Gasteiger partial charge in [-0.15, -0.1) is 0 Å². The van der Waals surface area contributed by atoms with Gasteiger partial charge in [0.2, 0.25) is 10.0 Å². The van der Waals surface area contributed by atoms with Crippen LogP contribution in [0.1, 0.15) is 32.1 Å². The quantitative estimate of drug-likeness (QED) is 0.864. The average molecular weight is 381 g/mol. The molecule has 0 unspecified atom stereocenters. The van der Waals surface area contributed by atoms with Crippen molar-refractivity contribution in [3.8, 4) is 16.9 Å². The molecule has 25 heavy (non-hydrogen) atoms. The summed E-state index contributed by atoms with van der Waals surface area (Å²) < 4.78 is 34.3. The molecule has 5 nitrogen and oxygen atoms in total. The van der Waals surface area contributed by atoms with Gasteiger partial charge in [-0.3, -0.25) is 4.72 Å². The average Bonchev–Trinajstić information content (AvgIpc) is 2.91. The molecular formula is C18H21ClN2O3S. The van der Waals surface area contributed by atoms with E-state index in [1.165, 1.54) is 19.3 Å². The summed E-state index contributed by atoms with van der Waals surface area (Å²) in [7, 11) is -3.29. The molecule has 0 atom stereocenters. The van der Waals surface area contributed by atoms with Gasteiger partial charge in [0.05, 0.1) is 11.9 Å². The number of rotatable bonds is 3. The Bertz CT molecular complexity index is 868. The summed E-state index contributed by atoms with van der Waals surface area (Å²) >= 11 is 6.27. The number of anilines is 1. The van der Waals surface area contributed by atoms with E-state index >= 15 is 0 Å². The van der Waals surface area contributed by atoms with Crippen LogP contribution in [0, 0.1) is 0 Å². The molecule has 1 aromatic carbocycles. The minimum Gasteiger partial charge on any atom is -0.490 e. The molecule has 1 aliphatic carbocycles. The summed E-state index contributed by atoms with van der Waals surface area (Å²) in [5.41, 5.74) is 1.70. The highest BCUT2D eigenvalue weighted by Crippen LogP contribution is 2.37. The minimum absolute atomic E-state index is 0.0437. The van der Waals surface area contributed by atoms with Crippen molar-refractivity contribution < 1.29 is 13.2 Å². The van der Waals surface area contributed by atoms with E-state index in [0.29, 0.717) is 23.6 Å². The molecule has 134 valence electrons. The molecule has 0 spiro atoms. The van der Waals surface area contributed by atoms with Gasteiger partial charge in [-0.1, -0.05) is 30.2 Å². The summed E-state index contributed by atoms with van der Waals surface area (Å²) in [5, 5.41) is 0.537. The van der Waals surface area contributed by atoms with E-state index < -0.39 is 10.0 Å². The normalized spacial score (nSPS) is 19.9. The summed E-state index contributed by atoms with van der Waals surface area (Å²) in [6.07, 6.45) is 6.31. The topological polar surface area (TPSA) is 60.3 Å². The zero-order valence-corrected chi connectivity index (χ0v) is 15.4. The smallest absolute Gasteiger partial charge is 0.235 e. The van der Waals surface area contributed by atoms with Crippen LogP contribution in [0.2, 0.25) is 5.15 Å². The Hall–Kier alpha value is -1.66. The van der Waals surface area contributed by atoms with Gasteiger partial charge in [-0.05, 0) is 49.4 Å². The largest absolute Gasteiger partial charge is 0.490 e. The number of halogens is 1. The number of nitrogens with one attached hydrogen (secondary N) is 1. The summed E-state index contributed by atoms with van der Waals surface area (Å²) in [4.78, 5) is 0. The molecule has 1 N–H and O–H groups in total. The maximum Gasteiger partial charge on any atom is 0.235 e. The number of hydrogen-bond acceptors (Lipinski definition) is 3. The molecule has 4 rings (SSSR count). The third kappa shape index (κ3) is 3.51. The Morgan fingerprint density at radius 1 is 1.12 bits per heavy atom. The van der Waals surface area contributed by atoms with Crippen molar-refractivity contribution in [1.82, 2.24) is 4.57 Å². The first-order valence-electron chi connectivity index (χ1n) is 8.68. The van der Waals surface area contributed by atoms with Crippen LogP contribution in [0.5, 0.6) is 5.75 Å². The summed E-state index contributed by atoms with van der Waals surface area (Å²) in [5.74, 6) is 1.44. The molecule has 0 bridgehead atoms. The van der Waals surface area contributed by atoms with Crippen LogP contribution in [-0.2, 0) is 16.6 Å². The number of fused-ring (bicyclic) bond motifs is 1. The Balaban J connectivity index is 1.58. The van der Waals surface area contributed by atoms with Crippen molar-refractivity contribution in [3.63, 3.8) is 0 Å². The van der Waals surface area contributed by atoms with Crippen LogP contribution in [0.15, 0.2) is 30.3 Å². The van der Waals surface area contributed by atoms with Gasteiger partial charge < -0.3 is 9.30 Å². The van der Waals surface area contributed by atoms with Crippen LogP contribution < -0.4 is 9.46 Å². The number of hydrogen-bond donors (Lipinski definition) is 1. The van der Waals surface area contributed by atoms with E-state index in [9.17, 15) is 8.42 Å². The fraction of sp³-hybridized carbons (Fsp3) is 0.444. The molecule has 2 heterocycles. The van der Waals surface area contributed by atoms with E-state index in [1.807, 2.05) is 30.3 Å². The first-order chi connectivity index (χ1) is 12.0. The lowest BCUT2D eigenvalue weighted by atomic mass is 9.98. The zero-order chi connectivity index (χ0) is 17.4. The highest BCUT2D eigenvalue weighted by molar-refractivity contribution is 7.92. The second-order valence-electron chi connectivity index (χ2n) is 6.70. The first-order valence-corrected chi connectivity index (χ1v) is 10.7. The Morgan fingerprint density at radius 3 is 2.56 bits per heavy atom. The predicted molar refractivity (Wildman–Crippen MR) is 99.8 cm³/mol. The number of aromatic nitrogens is 1. The first kappa shape index (κ1) is 16.8. The maximum atomic E-state index is 11.9. The van der Waals surface area contributed by atoms with Gasteiger partial charge in [-0.25, -0.2) is 8.42 Å². The zero-order valence-electron chi connectivity index (χ0n) is 13.9. The summed E-state index contributed by atoms with van der Waals surface area (Å²) in [6.45, 7) is 0.367. The fourth-order valence-electron chi connectivity index (χ4n) is 3.56. The molecule has 0 saturated heterocycles. The molecule has 1 fully saturated rings. The van der Waals surface area contributed by atoms with Crippen LogP contribution >= 0.6 is 11.6 Å². The van der Waals surface area contributed by atoms with E-state index in [4.69, 9.17) is 16.3 Å². The molecule has 1 aliphatic heterocycles. The predicted octanol–water partition coefficient (Wildman–Crippen LogP) is 4.28. The highest BCUT2D eigenvalue weighted by Gasteiger charge is 2.25. The van der Waals surface area contributed by atoms with E-state index in [2.05, 4.69) is 4.72 Å². The Kier molecular flexibility index (Phi) is 4.41. The monoisotopic (exact) mass is 380 g/mol. The van der Waals surface area contributed by atoms with E-state index in [0.717, 1.165) is 29.7 Å². The highest BCUT2D eigenvalue weighted by atomic mass is 35.5. The third-order valence-electron chi connectivity index (χ3n) is 4.90. The Labute approximate surface area is 153 Å². The molecule has 2 aliphatic rings. The number of benzene rings is 1. The molecule has 0 amide bonds. The van der Waals surface area contributed by atoms with Crippen LogP contribution in [0.4, 0.5) is 5.82 Å². The van der Waals surface area contributed by atoms with Gasteiger partial charge >= 0.3 is 0 Å². The molecular weight excluding hydrogens is 360 g/mol. The van der Waals surface area contributed by atoms with Crippen molar-refractivity contribution in [2.75, 3.05) is 10.5 Å². The van der Waals surface area contributed by atoms with Gasteiger partial charge in [0, 0.05) is 12.1 Å². The summed E-state index contributed by atoms with van der Waals surface area (Å²) in [6, 6.07) is 9.60. The standard InChI is InChI=1S/C18H21ClN2O3S/c19-17-12-16(18-20-25(22,23)11-10-21(17)18)13-6-8-15(9-7-13)24-14-4-2-1-3-5-14/h6-9,12,14,20H,1-5,10-11H2. The SMILES string of the molecule is O=S1(=O)CCn2c(Cl)cc(-c3ccc(OC4CCCCC4)cc3)c2N1. The molecule has 1 aromatic heterocycles. The van der Waals surface area contributed by atoms with Crippen molar-refractivity contribution in [2.45, 2.75) is 44.8 Å². The van der Waals surface area contributed by atoms with Crippen LogP contribution in [0.3, 0.4) is 0 Å². The minimum atomic E-state index is -3.29. The van der Waals surface area contributed by atoms with Crippen molar-refractivity contribution >= 4 is 27.4 Å². The van der Waals surface area contributed by atoms with Gasteiger partial charge in [-0.2, -0.15) is 0 Å². The molecule has 0 radical (unpaired) electrons. The van der Waals surface area contributed by atoms with Crippen molar-refractivity contribution in [2.24, 2.45) is 0 Å². The number of nitrogens with zero attached hydrogens (tertiary/aromatic N) is 1. The van der Waals surface area contributed by atoms with Crippen LogP contribution in [0.25, 0.3) is 11.1 Å². The van der Waals surface area contributed by atoms with E-state index in [-0.39, 0.29) is 5.75 Å². The van der Waals surface area contributed by atoms with Gasteiger partial charge in [0.1, 0.15) is 16.7 Å². The lowest BCUT2D eigenvalue weighted by Crippen LogP contribution is -2.27. The molecule has 7 heteroatoms. The van der Waals surface area contributed by atoms with Gasteiger partial charge in [0.15, 0.2) is 0 Å². The third-order valence-corrected chi connectivity index (χ3v) is 6.44. The van der Waals surface area contributed by atoms with Crippen molar-refractivity contribution in [3.05, 3.63) is 35.5 Å². The van der Waals surface area contributed by atoms with E-state index in [1.54, 1.807) is 4.57 Å². The maximum absolute atomic E-state index is 11.9. The molecule has 2 aromatic rings. The fourth-order valence-corrected chi connectivity index (χ4v) is 4.88. The van der Waals surface area contributed by atoms with Crippen LogP contribution in [-0.4, -0.2) is 24.8 Å². The lowest BCUT2D eigenvalue weighted by molar-refractivity contribution is 0.155. The number of ether oxygens (including phenoxy) is 1. The second-order valence-corrected chi connectivity index (χ2v) is 8.93. The van der Waals surface area contributed by atoms with Gasteiger partial charge in [0.25, 0.3) is 0 Å². The number of sulfonamides is 1. The van der Waals surface area contributed by atoms with Crippen molar-refractivity contribution in [1.29, 1.82) is 0 Å². The lowest BCUT2D eigenvalue weighted by Gasteiger charge is -2.23. The molecule has 1 saturated carbocycles.